The van der Waals surface area contributed by atoms with Crippen LogP contribution in [0.5, 0.6) is 0 Å². The summed E-state index contributed by atoms with van der Waals surface area (Å²) in [4.78, 5) is 0. The van der Waals surface area contributed by atoms with Gasteiger partial charge in [0, 0.05) is 11.1 Å². The average Bonchev–Trinajstić information content (AvgIpc) is 3.46. The summed E-state index contributed by atoms with van der Waals surface area (Å²) in [5.41, 5.74) is 2.32. The van der Waals surface area contributed by atoms with Gasteiger partial charge >= 0.3 is 0 Å². The number of tetrazole rings is 1. The number of benzene rings is 1. The number of H-pyrrole nitrogens is 1. The average molecular weight is 419 g/mol. The molecule has 1 aromatic carbocycles. The molecule has 4 rings (SSSR count). The van der Waals surface area contributed by atoms with Crippen LogP contribution in [0.25, 0.3) is 22.6 Å². The summed E-state index contributed by atoms with van der Waals surface area (Å²) in [7, 11) is 0. The fourth-order valence-corrected chi connectivity index (χ4v) is 3.08. The van der Waals surface area contributed by atoms with E-state index in [-0.39, 0.29) is 6.61 Å². The Morgan fingerprint density at radius 2 is 1.80 bits per heavy atom. The van der Waals surface area contributed by atoms with Crippen LogP contribution in [0.4, 0.5) is 0 Å². The van der Waals surface area contributed by atoms with Crippen molar-refractivity contribution in [1.82, 2.24) is 35.6 Å². The Labute approximate surface area is 169 Å². The van der Waals surface area contributed by atoms with E-state index in [9.17, 15) is 20.4 Å². The molecule has 1 aliphatic heterocycles. The zero-order valence-electron chi connectivity index (χ0n) is 15.7. The second-order valence-corrected chi connectivity index (χ2v) is 6.75. The molecule has 0 spiro atoms. The van der Waals surface area contributed by atoms with Crippen molar-refractivity contribution in [3.8, 4) is 22.6 Å². The lowest BCUT2D eigenvalue weighted by Gasteiger charge is -2.39. The largest absolute Gasteiger partial charge is 0.394 e. The first-order valence-electron chi connectivity index (χ1n) is 9.23. The molecular weight excluding hydrogens is 398 g/mol. The smallest absolute Gasteiger partial charge is 0.204 e. The predicted octanol–water partition coefficient (Wildman–Crippen LogP) is -2.06. The number of nitrogens with one attached hydrogen (secondary N) is 1. The molecule has 0 bridgehead atoms. The molecule has 0 radical (unpaired) electrons. The highest BCUT2D eigenvalue weighted by Gasteiger charge is 2.43. The number of hydrogen-bond donors (Lipinski definition) is 5. The summed E-state index contributed by atoms with van der Waals surface area (Å²) < 4.78 is 12.3. The minimum atomic E-state index is -1.48. The quantitative estimate of drug-likeness (QED) is 0.284. The zero-order chi connectivity index (χ0) is 21.1. The minimum absolute atomic E-state index is 0.0995. The Morgan fingerprint density at radius 3 is 2.50 bits per heavy atom. The van der Waals surface area contributed by atoms with Crippen molar-refractivity contribution in [1.29, 1.82) is 0 Å². The number of aromatic nitrogens is 7. The van der Waals surface area contributed by atoms with Crippen molar-refractivity contribution in [3.05, 3.63) is 30.5 Å². The molecule has 2 unspecified atom stereocenters. The van der Waals surface area contributed by atoms with E-state index >= 15 is 0 Å². The summed E-state index contributed by atoms with van der Waals surface area (Å²) in [5, 5.41) is 60.7. The van der Waals surface area contributed by atoms with Crippen molar-refractivity contribution < 1.29 is 29.9 Å². The van der Waals surface area contributed by atoms with Crippen LogP contribution in [0.2, 0.25) is 0 Å². The van der Waals surface area contributed by atoms with Gasteiger partial charge in [-0.2, -0.15) is 5.21 Å². The Bertz CT molecular complexity index is 932. The Balaban J connectivity index is 1.33. The number of hydrogen-bond acceptors (Lipinski definition) is 11. The highest BCUT2D eigenvalue weighted by Crippen LogP contribution is 2.23. The number of nitrogens with zero attached hydrogens (tertiary/aromatic N) is 6. The van der Waals surface area contributed by atoms with Gasteiger partial charge < -0.3 is 29.9 Å². The molecule has 2 aromatic heterocycles. The molecule has 0 saturated carbocycles. The number of aliphatic hydroxyl groups excluding tert-OH is 4. The normalized spacial score (nSPS) is 26.7. The van der Waals surface area contributed by atoms with Crippen LogP contribution in [0.1, 0.15) is 0 Å². The Kier molecular flexibility index (Phi) is 6.08. The second-order valence-electron chi connectivity index (χ2n) is 6.75. The maximum absolute atomic E-state index is 9.97. The van der Waals surface area contributed by atoms with E-state index in [1.165, 1.54) is 0 Å². The van der Waals surface area contributed by atoms with Gasteiger partial charge in [0.15, 0.2) is 6.29 Å². The van der Waals surface area contributed by atoms with E-state index in [4.69, 9.17) is 9.47 Å². The van der Waals surface area contributed by atoms with Crippen molar-refractivity contribution in [3.63, 3.8) is 0 Å². The predicted molar refractivity (Wildman–Crippen MR) is 98.3 cm³/mol. The molecule has 160 valence electrons. The topological polar surface area (TPSA) is 185 Å². The van der Waals surface area contributed by atoms with Gasteiger partial charge in [0.2, 0.25) is 5.82 Å². The first-order chi connectivity index (χ1) is 14.6. The summed E-state index contributed by atoms with van der Waals surface area (Å²) >= 11 is 0. The summed E-state index contributed by atoms with van der Waals surface area (Å²) in [6.45, 7) is -0.103. The standard InChI is InChI=1S/C17H21N7O6/c25-8-12-13(26)14(27)15(28)17(30-12)29-6-5-24-7-11(18-23-24)9-1-3-10(4-2-9)16-19-21-22-20-16/h1-4,7,12-15,17,25-28H,5-6,8H2,(H,19,20,21,22)/t12?,13-,14-,15?,17+/m0/s1. The van der Waals surface area contributed by atoms with Gasteiger partial charge in [-0.3, -0.25) is 0 Å². The monoisotopic (exact) mass is 419 g/mol. The van der Waals surface area contributed by atoms with Gasteiger partial charge in [-0.1, -0.05) is 29.5 Å². The lowest BCUT2D eigenvalue weighted by molar-refractivity contribution is -0.301. The number of aliphatic hydroxyl groups is 4. The molecular formula is C17H21N7O6. The van der Waals surface area contributed by atoms with Crippen molar-refractivity contribution in [2.24, 2.45) is 0 Å². The maximum atomic E-state index is 9.97. The minimum Gasteiger partial charge on any atom is -0.394 e. The summed E-state index contributed by atoms with van der Waals surface area (Å²) in [5.74, 6) is 0.496. The molecule has 13 nitrogen and oxygen atoms in total. The third-order valence-corrected chi connectivity index (χ3v) is 4.77. The van der Waals surface area contributed by atoms with Crippen molar-refractivity contribution in [2.45, 2.75) is 37.3 Å². The fourth-order valence-electron chi connectivity index (χ4n) is 3.08. The molecule has 0 aliphatic carbocycles. The molecule has 30 heavy (non-hydrogen) atoms. The third-order valence-electron chi connectivity index (χ3n) is 4.77. The zero-order valence-corrected chi connectivity index (χ0v) is 15.7. The van der Waals surface area contributed by atoms with Crippen LogP contribution in [0.3, 0.4) is 0 Å². The third kappa shape index (κ3) is 4.21. The number of rotatable bonds is 7. The first kappa shape index (κ1) is 20.5. The van der Waals surface area contributed by atoms with Crippen LogP contribution >= 0.6 is 0 Å². The summed E-state index contributed by atoms with van der Waals surface area (Å²) in [6, 6.07) is 7.43. The molecule has 1 saturated heterocycles. The van der Waals surface area contributed by atoms with E-state index in [1.54, 1.807) is 10.9 Å². The van der Waals surface area contributed by atoms with Gasteiger partial charge in [-0.15, -0.1) is 15.3 Å². The van der Waals surface area contributed by atoms with Crippen LogP contribution < -0.4 is 0 Å². The molecule has 13 heteroatoms. The van der Waals surface area contributed by atoms with E-state index in [0.717, 1.165) is 11.1 Å². The van der Waals surface area contributed by atoms with E-state index in [1.807, 2.05) is 24.3 Å². The lowest BCUT2D eigenvalue weighted by Crippen LogP contribution is -2.59. The van der Waals surface area contributed by atoms with Crippen molar-refractivity contribution >= 4 is 0 Å². The van der Waals surface area contributed by atoms with Gasteiger partial charge in [-0.25, -0.2) is 4.68 Å². The van der Waals surface area contributed by atoms with Crippen molar-refractivity contribution in [2.75, 3.05) is 13.2 Å². The van der Waals surface area contributed by atoms with Crippen LogP contribution in [-0.4, -0.2) is 100.0 Å². The fraction of sp³-hybridized carbons (Fsp3) is 0.471. The molecule has 1 aliphatic rings. The van der Waals surface area contributed by atoms with Gasteiger partial charge in [-0.05, 0) is 5.21 Å². The molecule has 3 aromatic rings. The van der Waals surface area contributed by atoms with E-state index in [0.29, 0.717) is 18.1 Å². The molecule has 3 heterocycles. The van der Waals surface area contributed by atoms with Gasteiger partial charge in [0.1, 0.15) is 30.1 Å². The number of aromatic amines is 1. The highest BCUT2D eigenvalue weighted by atomic mass is 16.7. The van der Waals surface area contributed by atoms with Gasteiger partial charge in [0.25, 0.3) is 0 Å². The Hall–Kier alpha value is -2.81. The molecule has 1 fully saturated rings. The highest BCUT2D eigenvalue weighted by molar-refractivity contribution is 5.64. The first-order valence-corrected chi connectivity index (χ1v) is 9.23. The maximum Gasteiger partial charge on any atom is 0.204 e. The van der Waals surface area contributed by atoms with E-state index in [2.05, 4.69) is 30.9 Å². The van der Waals surface area contributed by atoms with Crippen LogP contribution in [0, 0.1) is 0 Å². The molecule has 5 N–H and O–H groups in total. The molecule has 5 atom stereocenters. The van der Waals surface area contributed by atoms with Crippen LogP contribution in [-0.2, 0) is 16.0 Å². The summed E-state index contributed by atoms with van der Waals surface area (Å²) in [6.07, 6.45) is -4.79. The number of ether oxygens (including phenoxy) is 2. The van der Waals surface area contributed by atoms with Crippen LogP contribution in [0.15, 0.2) is 30.5 Å². The SMILES string of the molecule is OCC1O[C@@H](OCCn2cc(-c3ccc(-c4nn[nH]n4)cc3)nn2)C(O)[C@@H](O)[C@H]1O. The molecule has 0 amide bonds. The second kappa shape index (κ2) is 8.91. The van der Waals surface area contributed by atoms with Gasteiger partial charge in [0.05, 0.1) is 26.0 Å². The van der Waals surface area contributed by atoms with E-state index < -0.39 is 37.3 Å². The Morgan fingerprint density at radius 1 is 1.03 bits per heavy atom. The lowest BCUT2D eigenvalue weighted by atomic mass is 9.99.